The van der Waals surface area contributed by atoms with Gasteiger partial charge < -0.3 is 14.6 Å². The minimum Gasteiger partial charge on any atom is -0.477 e. The maximum absolute atomic E-state index is 12.2. The number of pyridine rings is 1. The van der Waals surface area contributed by atoms with E-state index in [1.807, 2.05) is 6.92 Å². The largest absolute Gasteiger partial charge is 0.477 e. The monoisotopic (exact) mass is 278 g/mol. The van der Waals surface area contributed by atoms with Crippen LogP contribution in [0.2, 0.25) is 0 Å². The second-order valence-corrected chi connectivity index (χ2v) is 5.04. The van der Waals surface area contributed by atoms with E-state index in [2.05, 4.69) is 0 Å². The minimum absolute atomic E-state index is 0.0434. The van der Waals surface area contributed by atoms with Gasteiger partial charge in [0.25, 0.3) is 0 Å². The SMILES string of the molecule is CCN(C(=O)Cn1cc(C(=O)O)c(=O)cc1C)C1CC1. The first kappa shape index (κ1) is 14.3. The second-order valence-electron chi connectivity index (χ2n) is 5.04. The van der Waals surface area contributed by atoms with Crippen molar-refractivity contribution in [1.82, 2.24) is 9.47 Å². The molecule has 0 spiro atoms. The van der Waals surface area contributed by atoms with Gasteiger partial charge in [0.2, 0.25) is 5.91 Å². The van der Waals surface area contributed by atoms with Crippen molar-refractivity contribution in [2.45, 2.75) is 39.3 Å². The van der Waals surface area contributed by atoms with Gasteiger partial charge in [-0.15, -0.1) is 0 Å². The highest BCUT2D eigenvalue weighted by Gasteiger charge is 2.31. The molecule has 0 atom stereocenters. The number of carboxylic acids is 1. The molecule has 1 N–H and O–H groups in total. The van der Waals surface area contributed by atoms with Crippen LogP contribution in [0.15, 0.2) is 17.1 Å². The molecule has 0 unspecified atom stereocenters. The third kappa shape index (κ3) is 2.89. The summed E-state index contributed by atoms with van der Waals surface area (Å²) >= 11 is 0. The van der Waals surface area contributed by atoms with Crippen LogP contribution in [0, 0.1) is 6.92 Å². The lowest BCUT2D eigenvalue weighted by Crippen LogP contribution is -2.36. The molecule has 1 aromatic heterocycles. The second kappa shape index (κ2) is 5.48. The molecule has 0 bridgehead atoms. The number of amides is 1. The summed E-state index contributed by atoms with van der Waals surface area (Å²) in [4.78, 5) is 36.5. The first-order valence-electron chi connectivity index (χ1n) is 6.68. The molecule has 20 heavy (non-hydrogen) atoms. The summed E-state index contributed by atoms with van der Waals surface area (Å²) in [6.07, 6.45) is 3.31. The van der Waals surface area contributed by atoms with Gasteiger partial charge in [-0.05, 0) is 26.7 Å². The van der Waals surface area contributed by atoms with Crippen molar-refractivity contribution in [1.29, 1.82) is 0 Å². The smallest absolute Gasteiger partial charge is 0.341 e. The predicted octanol–water partition coefficient (Wildman–Crippen LogP) is 0.866. The number of rotatable bonds is 5. The molecule has 0 aliphatic heterocycles. The maximum Gasteiger partial charge on any atom is 0.341 e. The fourth-order valence-corrected chi connectivity index (χ4v) is 2.26. The molecule has 0 saturated heterocycles. The van der Waals surface area contributed by atoms with Gasteiger partial charge in [-0.25, -0.2) is 4.79 Å². The fraction of sp³-hybridized carbons (Fsp3) is 0.500. The van der Waals surface area contributed by atoms with Crippen LogP contribution >= 0.6 is 0 Å². The third-order valence-electron chi connectivity index (χ3n) is 3.53. The lowest BCUT2D eigenvalue weighted by molar-refractivity contribution is -0.132. The zero-order valence-electron chi connectivity index (χ0n) is 11.6. The van der Waals surface area contributed by atoms with Crippen molar-refractivity contribution in [3.05, 3.63) is 33.7 Å². The van der Waals surface area contributed by atoms with Crippen LogP contribution in [0.25, 0.3) is 0 Å². The lowest BCUT2D eigenvalue weighted by Gasteiger charge is -2.22. The molecule has 1 aromatic rings. The first-order valence-corrected chi connectivity index (χ1v) is 6.68. The highest BCUT2D eigenvalue weighted by Crippen LogP contribution is 2.26. The van der Waals surface area contributed by atoms with E-state index in [0.717, 1.165) is 12.8 Å². The van der Waals surface area contributed by atoms with E-state index in [0.29, 0.717) is 18.3 Å². The van der Waals surface area contributed by atoms with Crippen LogP contribution in [0.5, 0.6) is 0 Å². The molecule has 1 heterocycles. The van der Waals surface area contributed by atoms with Crippen LogP contribution < -0.4 is 5.43 Å². The molecule has 2 rings (SSSR count). The molecule has 6 nitrogen and oxygen atoms in total. The van der Waals surface area contributed by atoms with Gasteiger partial charge in [0.1, 0.15) is 12.1 Å². The number of hydrogen-bond acceptors (Lipinski definition) is 3. The van der Waals surface area contributed by atoms with Gasteiger partial charge in [-0.3, -0.25) is 9.59 Å². The lowest BCUT2D eigenvalue weighted by atomic mass is 10.2. The molecule has 0 radical (unpaired) electrons. The highest BCUT2D eigenvalue weighted by molar-refractivity contribution is 5.87. The van der Waals surface area contributed by atoms with Crippen LogP contribution in [0.3, 0.4) is 0 Å². The summed E-state index contributed by atoms with van der Waals surface area (Å²) in [5.74, 6) is -1.32. The predicted molar refractivity (Wildman–Crippen MR) is 72.8 cm³/mol. The third-order valence-corrected chi connectivity index (χ3v) is 3.53. The topological polar surface area (TPSA) is 79.6 Å². The van der Waals surface area contributed by atoms with Crippen molar-refractivity contribution in [3.63, 3.8) is 0 Å². The van der Waals surface area contributed by atoms with Crippen molar-refractivity contribution in [2.75, 3.05) is 6.54 Å². The number of carbonyl (C=O) groups excluding carboxylic acids is 1. The van der Waals surface area contributed by atoms with E-state index >= 15 is 0 Å². The van der Waals surface area contributed by atoms with E-state index in [1.165, 1.54) is 16.8 Å². The van der Waals surface area contributed by atoms with Gasteiger partial charge in [0, 0.05) is 30.5 Å². The number of carbonyl (C=O) groups is 2. The summed E-state index contributed by atoms with van der Waals surface area (Å²) in [5.41, 5.74) is -0.258. The normalized spacial score (nSPS) is 14.1. The zero-order chi connectivity index (χ0) is 14.9. The van der Waals surface area contributed by atoms with Gasteiger partial charge >= 0.3 is 5.97 Å². The van der Waals surface area contributed by atoms with Gasteiger partial charge in [-0.2, -0.15) is 0 Å². The van der Waals surface area contributed by atoms with Crippen molar-refractivity contribution < 1.29 is 14.7 Å². The Balaban J connectivity index is 2.24. The van der Waals surface area contributed by atoms with Crippen molar-refractivity contribution in [3.8, 4) is 0 Å². The average molecular weight is 278 g/mol. The quantitative estimate of drug-likeness (QED) is 0.866. The Hall–Kier alpha value is -2.11. The van der Waals surface area contributed by atoms with E-state index < -0.39 is 11.4 Å². The van der Waals surface area contributed by atoms with E-state index in [9.17, 15) is 14.4 Å². The van der Waals surface area contributed by atoms with Crippen LogP contribution in [-0.2, 0) is 11.3 Å². The number of aryl methyl sites for hydroxylation is 1. The number of aromatic nitrogens is 1. The first-order chi connectivity index (χ1) is 9.43. The highest BCUT2D eigenvalue weighted by atomic mass is 16.4. The Morgan fingerprint density at radius 2 is 2.10 bits per heavy atom. The van der Waals surface area contributed by atoms with Gasteiger partial charge in [-0.1, -0.05) is 0 Å². The number of hydrogen-bond donors (Lipinski definition) is 1. The van der Waals surface area contributed by atoms with Gasteiger partial charge in [0.05, 0.1) is 0 Å². The molecular formula is C14H18N2O4. The fourth-order valence-electron chi connectivity index (χ4n) is 2.26. The Labute approximate surface area is 116 Å². The molecule has 1 amide bonds. The number of likely N-dealkylation sites (N-methyl/N-ethyl adjacent to an activating group) is 1. The van der Waals surface area contributed by atoms with Gasteiger partial charge in [0.15, 0.2) is 5.43 Å². The molecule has 0 aromatic carbocycles. The molecule has 6 heteroatoms. The Morgan fingerprint density at radius 1 is 1.45 bits per heavy atom. The molecule has 1 saturated carbocycles. The Bertz CT molecular complexity index is 602. The molecule has 1 aliphatic carbocycles. The molecule has 1 fully saturated rings. The summed E-state index contributed by atoms with van der Waals surface area (Å²) in [6.45, 7) is 4.33. The standard InChI is InChI=1S/C14H18N2O4/c1-3-16(10-4-5-10)13(18)8-15-7-11(14(19)20)12(17)6-9(15)2/h6-7,10H,3-5,8H2,1-2H3,(H,19,20). The van der Waals surface area contributed by atoms with Crippen molar-refractivity contribution in [2.24, 2.45) is 0 Å². The molecule has 108 valence electrons. The minimum atomic E-state index is -1.27. The van der Waals surface area contributed by atoms with Crippen molar-refractivity contribution >= 4 is 11.9 Å². The maximum atomic E-state index is 12.2. The zero-order valence-corrected chi connectivity index (χ0v) is 11.6. The van der Waals surface area contributed by atoms with E-state index in [-0.39, 0.29) is 18.0 Å². The Morgan fingerprint density at radius 3 is 2.60 bits per heavy atom. The number of aromatic carboxylic acids is 1. The molecular weight excluding hydrogens is 260 g/mol. The average Bonchev–Trinajstić information content (AvgIpc) is 3.17. The Kier molecular flexibility index (Phi) is 3.92. The number of nitrogens with zero attached hydrogens (tertiary/aromatic N) is 2. The summed E-state index contributed by atoms with van der Waals surface area (Å²) in [6, 6.07) is 1.58. The molecule has 1 aliphatic rings. The van der Waals surface area contributed by atoms with Crippen LogP contribution in [0.4, 0.5) is 0 Å². The number of carboxylic acid groups (broad SMARTS) is 1. The van der Waals surface area contributed by atoms with E-state index in [1.54, 1.807) is 11.8 Å². The van der Waals surface area contributed by atoms with E-state index in [4.69, 9.17) is 5.11 Å². The van der Waals surface area contributed by atoms with Crippen LogP contribution in [0.1, 0.15) is 35.8 Å². The van der Waals surface area contributed by atoms with Crippen LogP contribution in [-0.4, -0.2) is 39.0 Å². The summed E-state index contributed by atoms with van der Waals surface area (Å²) in [5, 5.41) is 8.96. The summed E-state index contributed by atoms with van der Waals surface area (Å²) in [7, 11) is 0. The summed E-state index contributed by atoms with van der Waals surface area (Å²) < 4.78 is 1.53.